The smallest absolute Gasteiger partial charge is 0.353 e. The second-order valence-corrected chi connectivity index (χ2v) is 8.38. The molecule has 2 heterocycles. The summed E-state index contributed by atoms with van der Waals surface area (Å²) in [4.78, 5) is 8.96. The number of benzene rings is 1. The van der Waals surface area contributed by atoms with Gasteiger partial charge in [0.25, 0.3) is 0 Å². The first-order valence-corrected chi connectivity index (χ1v) is 9.30. The van der Waals surface area contributed by atoms with Gasteiger partial charge in [0.15, 0.2) is 5.84 Å². The number of fused-ring (bicyclic) bond motifs is 1. The lowest BCUT2D eigenvalue weighted by molar-refractivity contribution is -0.137. The molecule has 0 saturated carbocycles. The SMILES string of the molecule is CC(C)(C)Cc1cc(C2=NC3=CC=C(c4ccccc4C(F)(F)F)CC3=N2)on1. The van der Waals surface area contributed by atoms with Gasteiger partial charge in [-0.05, 0) is 35.1 Å². The van der Waals surface area contributed by atoms with Crippen LogP contribution in [0.3, 0.4) is 0 Å². The maximum absolute atomic E-state index is 13.4. The van der Waals surface area contributed by atoms with Crippen molar-refractivity contribution in [1.29, 1.82) is 0 Å². The molecule has 4 nitrogen and oxygen atoms in total. The van der Waals surface area contributed by atoms with Crippen molar-refractivity contribution >= 4 is 17.1 Å². The monoisotopic (exact) mass is 399 g/mol. The number of amidine groups is 1. The van der Waals surface area contributed by atoms with Crippen molar-refractivity contribution in [2.45, 2.75) is 39.8 Å². The highest BCUT2D eigenvalue weighted by Crippen LogP contribution is 2.38. The van der Waals surface area contributed by atoms with Gasteiger partial charge in [-0.3, -0.25) is 0 Å². The Kier molecular flexibility index (Phi) is 4.56. The number of nitrogens with zero attached hydrogens (tertiary/aromatic N) is 3. The Labute approximate surface area is 166 Å². The van der Waals surface area contributed by atoms with Crippen LogP contribution in [-0.2, 0) is 12.6 Å². The van der Waals surface area contributed by atoms with Crippen molar-refractivity contribution in [3.8, 4) is 0 Å². The van der Waals surface area contributed by atoms with Crippen LogP contribution in [0, 0.1) is 5.41 Å². The lowest BCUT2D eigenvalue weighted by Gasteiger charge is -2.17. The third-order valence-electron chi connectivity index (χ3n) is 4.63. The van der Waals surface area contributed by atoms with Gasteiger partial charge in [0.05, 0.1) is 22.7 Å². The van der Waals surface area contributed by atoms with Crippen LogP contribution in [0.4, 0.5) is 13.2 Å². The van der Waals surface area contributed by atoms with Crippen molar-refractivity contribution in [2.75, 3.05) is 0 Å². The van der Waals surface area contributed by atoms with Crippen LogP contribution >= 0.6 is 0 Å². The second-order valence-electron chi connectivity index (χ2n) is 8.38. The Hall–Kier alpha value is -2.96. The van der Waals surface area contributed by atoms with E-state index in [-0.39, 0.29) is 17.4 Å². The normalized spacial score (nSPS) is 16.8. The minimum atomic E-state index is -4.41. The molecule has 1 aliphatic carbocycles. The summed E-state index contributed by atoms with van der Waals surface area (Å²) >= 11 is 0. The fraction of sp³-hybridized carbons (Fsp3) is 0.318. The highest BCUT2D eigenvalue weighted by molar-refractivity contribution is 6.20. The first kappa shape index (κ1) is 19.4. The summed E-state index contributed by atoms with van der Waals surface area (Å²) in [7, 11) is 0. The summed E-state index contributed by atoms with van der Waals surface area (Å²) in [5.74, 6) is 0.863. The van der Waals surface area contributed by atoms with Crippen molar-refractivity contribution < 1.29 is 17.7 Å². The number of hydrogen-bond donors (Lipinski definition) is 0. The van der Waals surface area contributed by atoms with Gasteiger partial charge in [0, 0.05) is 12.5 Å². The first-order chi connectivity index (χ1) is 13.6. The Morgan fingerprint density at radius 1 is 1.03 bits per heavy atom. The van der Waals surface area contributed by atoms with E-state index in [4.69, 9.17) is 4.52 Å². The Bertz CT molecular complexity index is 1080. The number of allylic oxidation sites excluding steroid dienone is 4. The van der Waals surface area contributed by atoms with Gasteiger partial charge in [-0.2, -0.15) is 13.2 Å². The zero-order chi connectivity index (χ0) is 20.8. The minimum Gasteiger partial charge on any atom is -0.353 e. The molecule has 0 saturated heterocycles. The number of rotatable bonds is 3. The maximum atomic E-state index is 13.4. The van der Waals surface area contributed by atoms with E-state index < -0.39 is 11.7 Å². The van der Waals surface area contributed by atoms with Crippen LogP contribution in [-0.4, -0.2) is 16.7 Å². The highest BCUT2D eigenvalue weighted by Gasteiger charge is 2.34. The van der Waals surface area contributed by atoms with Gasteiger partial charge in [0.1, 0.15) is 0 Å². The maximum Gasteiger partial charge on any atom is 0.416 e. The summed E-state index contributed by atoms with van der Waals surface area (Å²) in [6.45, 7) is 6.33. The van der Waals surface area contributed by atoms with Crippen molar-refractivity contribution in [1.82, 2.24) is 5.16 Å². The summed E-state index contributed by atoms with van der Waals surface area (Å²) in [6.07, 6.45) is -0.0111. The molecule has 0 unspecified atom stereocenters. The van der Waals surface area contributed by atoms with Gasteiger partial charge in [0.2, 0.25) is 5.76 Å². The van der Waals surface area contributed by atoms with E-state index in [1.807, 2.05) is 6.07 Å². The predicted octanol–water partition coefficient (Wildman–Crippen LogP) is 5.85. The molecule has 0 spiro atoms. The van der Waals surface area contributed by atoms with Crippen LogP contribution in [0.5, 0.6) is 0 Å². The molecule has 150 valence electrons. The molecule has 0 radical (unpaired) electrons. The Morgan fingerprint density at radius 3 is 2.52 bits per heavy atom. The predicted molar refractivity (Wildman–Crippen MR) is 106 cm³/mol. The van der Waals surface area contributed by atoms with Crippen LogP contribution in [0.25, 0.3) is 5.57 Å². The fourth-order valence-corrected chi connectivity index (χ4v) is 3.42. The number of hydrogen-bond acceptors (Lipinski definition) is 4. The number of aliphatic imine (C=N–C) groups is 2. The molecule has 2 aliphatic rings. The third-order valence-corrected chi connectivity index (χ3v) is 4.63. The lowest BCUT2D eigenvalue weighted by atomic mass is 9.90. The quantitative estimate of drug-likeness (QED) is 0.650. The van der Waals surface area contributed by atoms with Gasteiger partial charge in [-0.15, -0.1) is 0 Å². The van der Waals surface area contributed by atoms with Crippen LogP contribution in [0.2, 0.25) is 0 Å². The molecule has 1 aliphatic heterocycles. The highest BCUT2D eigenvalue weighted by atomic mass is 19.4. The van der Waals surface area contributed by atoms with Crippen LogP contribution < -0.4 is 0 Å². The number of alkyl halides is 3. The van der Waals surface area contributed by atoms with Gasteiger partial charge in [-0.25, -0.2) is 9.98 Å². The Balaban J connectivity index is 1.58. The number of halogens is 3. The zero-order valence-electron chi connectivity index (χ0n) is 16.3. The third kappa shape index (κ3) is 4.09. The molecular weight excluding hydrogens is 379 g/mol. The molecular formula is C22H20F3N3O. The molecule has 1 aromatic heterocycles. The van der Waals surface area contributed by atoms with Crippen molar-refractivity contribution in [2.24, 2.45) is 15.4 Å². The van der Waals surface area contributed by atoms with Gasteiger partial charge in [-0.1, -0.05) is 50.2 Å². The standard InChI is InChI=1S/C22H20F3N3O/c1-21(2,3)12-14-11-19(29-28-14)20-26-17-9-8-13(10-18(17)27-20)15-6-4-5-7-16(15)22(23,24)25/h4-9,11H,10,12H2,1-3H3. The topological polar surface area (TPSA) is 50.8 Å². The molecule has 0 N–H and O–H groups in total. The Morgan fingerprint density at radius 2 is 1.79 bits per heavy atom. The van der Waals surface area contributed by atoms with E-state index in [9.17, 15) is 13.2 Å². The molecule has 29 heavy (non-hydrogen) atoms. The summed E-state index contributed by atoms with van der Waals surface area (Å²) in [5.41, 5.74) is 2.23. The molecule has 0 fully saturated rings. The fourth-order valence-electron chi connectivity index (χ4n) is 3.42. The molecule has 4 rings (SSSR count). The van der Waals surface area contributed by atoms with E-state index in [1.54, 1.807) is 18.2 Å². The molecule has 2 aromatic rings. The summed E-state index contributed by atoms with van der Waals surface area (Å²) < 4.78 is 45.5. The zero-order valence-corrected chi connectivity index (χ0v) is 16.3. The van der Waals surface area contributed by atoms with E-state index in [1.165, 1.54) is 12.1 Å². The van der Waals surface area contributed by atoms with E-state index in [0.29, 0.717) is 28.6 Å². The van der Waals surface area contributed by atoms with Crippen molar-refractivity contribution in [3.05, 3.63) is 70.8 Å². The molecule has 0 atom stereocenters. The number of aromatic nitrogens is 1. The lowest BCUT2D eigenvalue weighted by Crippen LogP contribution is -2.11. The van der Waals surface area contributed by atoms with E-state index in [2.05, 4.69) is 35.9 Å². The summed E-state index contributed by atoms with van der Waals surface area (Å²) in [6, 6.07) is 7.40. The second kappa shape index (κ2) is 6.83. The molecule has 1 aromatic carbocycles. The van der Waals surface area contributed by atoms with Crippen LogP contribution in [0.1, 0.15) is 49.8 Å². The first-order valence-electron chi connectivity index (χ1n) is 9.30. The van der Waals surface area contributed by atoms with Gasteiger partial charge < -0.3 is 4.52 Å². The van der Waals surface area contributed by atoms with E-state index in [0.717, 1.165) is 18.2 Å². The van der Waals surface area contributed by atoms with Crippen LogP contribution in [0.15, 0.2) is 62.7 Å². The average Bonchev–Trinajstić information content (AvgIpc) is 3.25. The van der Waals surface area contributed by atoms with E-state index >= 15 is 0 Å². The largest absolute Gasteiger partial charge is 0.416 e. The van der Waals surface area contributed by atoms with Crippen molar-refractivity contribution in [3.63, 3.8) is 0 Å². The average molecular weight is 399 g/mol. The van der Waals surface area contributed by atoms with Gasteiger partial charge >= 0.3 is 6.18 Å². The summed E-state index contributed by atoms with van der Waals surface area (Å²) in [5, 5.41) is 4.08. The molecule has 7 heteroatoms. The molecule has 0 amide bonds. The molecule has 0 bridgehead atoms. The minimum absolute atomic E-state index is 0.0682.